The predicted molar refractivity (Wildman–Crippen MR) is 73.8 cm³/mol. The molecule has 1 rings (SSSR count). The molecule has 21 heavy (non-hydrogen) atoms. The highest BCUT2D eigenvalue weighted by Crippen LogP contribution is 2.24. The molecule has 7 nitrogen and oxygen atoms in total. The fourth-order valence-corrected chi connectivity index (χ4v) is 1.53. The predicted octanol–water partition coefficient (Wildman–Crippen LogP) is 0.268. The van der Waals surface area contributed by atoms with E-state index >= 15 is 0 Å². The zero-order chi connectivity index (χ0) is 15.7. The minimum absolute atomic E-state index is 0.0463. The second kappa shape index (κ2) is 9.17. The maximum atomic E-state index is 11.2. The van der Waals surface area contributed by atoms with Gasteiger partial charge in [-0.2, -0.15) is 0 Å². The van der Waals surface area contributed by atoms with E-state index in [1.54, 1.807) is 0 Å². The number of aliphatic hydroxyl groups is 3. The quantitative estimate of drug-likeness (QED) is 0.458. The molecule has 0 bridgehead atoms. The van der Waals surface area contributed by atoms with Crippen LogP contribution in [0.1, 0.15) is 23.2 Å². The van der Waals surface area contributed by atoms with Crippen LogP contribution >= 0.6 is 0 Å². The number of carboxylic acids is 1. The third-order valence-electron chi connectivity index (χ3n) is 2.64. The molecular formula is C14H20O7. The van der Waals surface area contributed by atoms with Crippen molar-refractivity contribution in [2.24, 2.45) is 0 Å². The highest BCUT2D eigenvalue weighted by molar-refractivity contribution is 5.91. The molecule has 0 saturated carbocycles. The molecule has 1 atom stereocenters. The number of aromatic carboxylic acids is 1. The Morgan fingerprint density at radius 3 is 2.57 bits per heavy atom. The highest BCUT2D eigenvalue weighted by atomic mass is 16.5. The van der Waals surface area contributed by atoms with Gasteiger partial charge in [-0.05, 0) is 31.0 Å². The van der Waals surface area contributed by atoms with Gasteiger partial charge in [-0.25, -0.2) is 4.79 Å². The molecule has 1 aromatic rings. The largest absolute Gasteiger partial charge is 0.493 e. The molecule has 7 heteroatoms. The molecule has 0 amide bonds. The minimum atomic E-state index is -1.15. The number of carboxylic acid groups (broad SMARTS) is 1. The first kappa shape index (κ1) is 17.2. The molecule has 0 aliphatic heterocycles. The fraction of sp³-hybridized carbons (Fsp3) is 0.500. The van der Waals surface area contributed by atoms with Crippen LogP contribution in [-0.2, 0) is 0 Å². The highest BCUT2D eigenvalue weighted by Gasteiger charge is 2.13. The van der Waals surface area contributed by atoms with Gasteiger partial charge in [-0.1, -0.05) is 0 Å². The van der Waals surface area contributed by atoms with E-state index in [0.29, 0.717) is 19.4 Å². The number of aliphatic hydroxyl groups excluding tert-OH is 3. The number of rotatable bonds is 10. The lowest BCUT2D eigenvalue weighted by Gasteiger charge is -2.13. The summed E-state index contributed by atoms with van der Waals surface area (Å²) in [4.78, 5) is 11.2. The van der Waals surface area contributed by atoms with Gasteiger partial charge in [0.25, 0.3) is 0 Å². The standard InChI is InChI=1S/C14H20O7/c15-5-1-2-6-20-13-4-3-11(7-12(13)14(18)19)21-9-10(17)8-16/h3-4,7,10,15-17H,1-2,5-6,8-9H2,(H,18,19)/t10-/m0/s1. The zero-order valence-electron chi connectivity index (χ0n) is 11.6. The fourth-order valence-electron chi connectivity index (χ4n) is 1.53. The first-order valence-electron chi connectivity index (χ1n) is 6.61. The lowest BCUT2D eigenvalue weighted by Crippen LogP contribution is -2.21. The molecule has 4 N–H and O–H groups in total. The molecule has 118 valence electrons. The SMILES string of the molecule is O=C(O)c1cc(OC[C@@H](O)CO)ccc1OCCCCO. The second-order valence-electron chi connectivity index (χ2n) is 4.39. The van der Waals surface area contributed by atoms with E-state index in [1.165, 1.54) is 18.2 Å². The number of benzene rings is 1. The number of hydrogen-bond acceptors (Lipinski definition) is 6. The number of carbonyl (C=O) groups is 1. The summed E-state index contributed by atoms with van der Waals surface area (Å²) in [5.74, 6) is -0.668. The van der Waals surface area contributed by atoms with Gasteiger partial charge >= 0.3 is 5.97 Å². The van der Waals surface area contributed by atoms with Gasteiger partial charge in [0.05, 0.1) is 13.2 Å². The van der Waals surface area contributed by atoms with E-state index in [-0.39, 0.29) is 30.3 Å². The van der Waals surface area contributed by atoms with Gasteiger partial charge in [0.1, 0.15) is 29.8 Å². The molecule has 0 fully saturated rings. The maximum absolute atomic E-state index is 11.2. The normalized spacial score (nSPS) is 12.0. The van der Waals surface area contributed by atoms with Crippen molar-refractivity contribution < 1.29 is 34.7 Å². The number of unbranched alkanes of at least 4 members (excludes halogenated alkanes) is 1. The van der Waals surface area contributed by atoms with Crippen LogP contribution in [0.15, 0.2) is 18.2 Å². The van der Waals surface area contributed by atoms with Crippen LogP contribution in [-0.4, -0.2) is 58.9 Å². The summed E-state index contributed by atoms with van der Waals surface area (Å²) < 4.78 is 10.6. The van der Waals surface area contributed by atoms with Crippen LogP contribution in [0.25, 0.3) is 0 Å². The van der Waals surface area contributed by atoms with E-state index < -0.39 is 18.7 Å². The van der Waals surface area contributed by atoms with Crippen LogP contribution in [0.3, 0.4) is 0 Å². The van der Waals surface area contributed by atoms with Gasteiger partial charge in [0.15, 0.2) is 0 Å². The van der Waals surface area contributed by atoms with Crippen LogP contribution in [0.2, 0.25) is 0 Å². The van der Waals surface area contributed by atoms with Crippen molar-refractivity contribution in [3.63, 3.8) is 0 Å². The second-order valence-corrected chi connectivity index (χ2v) is 4.39. The molecule has 0 aromatic heterocycles. The van der Waals surface area contributed by atoms with Crippen molar-refractivity contribution in [1.29, 1.82) is 0 Å². The van der Waals surface area contributed by atoms with Crippen molar-refractivity contribution in [3.8, 4) is 11.5 Å². The van der Waals surface area contributed by atoms with Crippen LogP contribution < -0.4 is 9.47 Å². The smallest absolute Gasteiger partial charge is 0.339 e. The molecule has 0 spiro atoms. The number of ether oxygens (including phenoxy) is 2. The Morgan fingerprint density at radius 1 is 1.19 bits per heavy atom. The Morgan fingerprint density at radius 2 is 1.95 bits per heavy atom. The maximum Gasteiger partial charge on any atom is 0.339 e. The van der Waals surface area contributed by atoms with Crippen molar-refractivity contribution in [1.82, 2.24) is 0 Å². The van der Waals surface area contributed by atoms with E-state index in [4.69, 9.17) is 24.8 Å². The summed E-state index contributed by atoms with van der Waals surface area (Å²) in [6, 6.07) is 4.30. The Hall–Kier alpha value is -1.83. The number of hydrogen-bond donors (Lipinski definition) is 4. The van der Waals surface area contributed by atoms with Crippen LogP contribution in [0.4, 0.5) is 0 Å². The molecule has 0 aliphatic carbocycles. The summed E-state index contributed by atoms with van der Waals surface area (Å²) in [7, 11) is 0. The third-order valence-corrected chi connectivity index (χ3v) is 2.64. The van der Waals surface area contributed by atoms with Crippen molar-refractivity contribution in [2.75, 3.05) is 26.4 Å². The average molecular weight is 300 g/mol. The van der Waals surface area contributed by atoms with E-state index in [2.05, 4.69) is 0 Å². The van der Waals surface area contributed by atoms with Crippen molar-refractivity contribution in [3.05, 3.63) is 23.8 Å². The monoisotopic (exact) mass is 300 g/mol. The lowest BCUT2D eigenvalue weighted by atomic mass is 10.2. The minimum Gasteiger partial charge on any atom is -0.493 e. The molecule has 0 heterocycles. The van der Waals surface area contributed by atoms with E-state index in [9.17, 15) is 9.90 Å². The summed E-state index contributed by atoms with van der Waals surface area (Å²) in [6.45, 7) is -0.191. The summed E-state index contributed by atoms with van der Waals surface area (Å²) >= 11 is 0. The molecule has 0 radical (unpaired) electrons. The van der Waals surface area contributed by atoms with Gasteiger partial charge in [-0.15, -0.1) is 0 Å². The van der Waals surface area contributed by atoms with Gasteiger partial charge < -0.3 is 29.9 Å². The third kappa shape index (κ3) is 5.99. The van der Waals surface area contributed by atoms with E-state index in [0.717, 1.165) is 0 Å². The first-order valence-corrected chi connectivity index (χ1v) is 6.61. The van der Waals surface area contributed by atoms with Crippen LogP contribution in [0, 0.1) is 0 Å². The van der Waals surface area contributed by atoms with Gasteiger partial charge in [0.2, 0.25) is 0 Å². The Kier molecular flexibility index (Phi) is 7.52. The average Bonchev–Trinajstić information content (AvgIpc) is 2.49. The molecule has 0 saturated heterocycles. The first-order chi connectivity index (χ1) is 10.1. The lowest BCUT2D eigenvalue weighted by molar-refractivity contribution is 0.0534. The van der Waals surface area contributed by atoms with E-state index in [1.807, 2.05) is 0 Å². The Bertz CT molecular complexity index is 447. The van der Waals surface area contributed by atoms with Gasteiger partial charge in [-0.3, -0.25) is 0 Å². The molecule has 1 aromatic carbocycles. The van der Waals surface area contributed by atoms with Gasteiger partial charge in [0, 0.05) is 6.61 Å². The summed E-state index contributed by atoms with van der Waals surface area (Å²) in [5, 5.41) is 35.7. The van der Waals surface area contributed by atoms with Crippen molar-refractivity contribution in [2.45, 2.75) is 18.9 Å². The Balaban J connectivity index is 2.70. The van der Waals surface area contributed by atoms with Crippen molar-refractivity contribution >= 4 is 5.97 Å². The summed E-state index contributed by atoms with van der Waals surface area (Å²) in [6.07, 6.45) is 0.187. The topological polar surface area (TPSA) is 116 Å². The molecule has 0 unspecified atom stereocenters. The van der Waals surface area contributed by atoms with Crippen LogP contribution in [0.5, 0.6) is 11.5 Å². The Labute approximate surface area is 122 Å². The zero-order valence-corrected chi connectivity index (χ0v) is 11.6. The molecule has 0 aliphatic rings. The summed E-state index contributed by atoms with van der Waals surface area (Å²) in [5.41, 5.74) is -0.0463. The molecular weight excluding hydrogens is 280 g/mol.